The highest BCUT2D eigenvalue weighted by atomic mass is 16.6. The maximum atomic E-state index is 11.8. The lowest BCUT2D eigenvalue weighted by Crippen LogP contribution is -2.42. The van der Waals surface area contributed by atoms with Gasteiger partial charge < -0.3 is 20.3 Å². The van der Waals surface area contributed by atoms with E-state index < -0.39 is 0 Å². The van der Waals surface area contributed by atoms with Gasteiger partial charge in [-0.25, -0.2) is 4.79 Å². The fourth-order valence-electron chi connectivity index (χ4n) is 3.91. The molecule has 2 atom stereocenters. The molecule has 2 saturated heterocycles. The maximum absolute atomic E-state index is 11.8. The van der Waals surface area contributed by atoms with Crippen LogP contribution >= 0.6 is 0 Å². The Bertz CT molecular complexity index is 389. The Morgan fingerprint density at radius 1 is 1.23 bits per heavy atom. The first kappa shape index (κ1) is 16.1. The first-order valence-corrected chi connectivity index (χ1v) is 8.84. The van der Waals surface area contributed by atoms with Crippen LogP contribution in [0.15, 0.2) is 0 Å². The van der Waals surface area contributed by atoms with Crippen molar-refractivity contribution in [2.24, 2.45) is 17.8 Å². The van der Waals surface area contributed by atoms with Crippen molar-refractivity contribution in [3.63, 3.8) is 0 Å². The van der Waals surface area contributed by atoms with Crippen LogP contribution in [0.2, 0.25) is 0 Å². The molecule has 3 fully saturated rings. The zero-order valence-corrected chi connectivity index (χ0v) is 14.2. The second-order valence-corrected chi connectivity index (χ2v) is 8.31. The van der Waals surface area contributed by atoms with E-state index in [1.807, 2.05) is 20.8 Å². The summed E-state index contributed by atoms with van der Waals surface area (Å²) in [5, 5.41) is 6.31. The summed E-state index contributed by atoms with van der Waals surface area (Å²) in [4.78, 5) is 14.4. The van der Waals surface area contributed by atoms with Gasteiger partial charge in [0.05, 0.1) is 0 Å². The number of nitrogens with zero attached hydrogens (tertiary/aromatic N) is 1. The molecule has 0 radical (unpaired) electrons. The molecule has 22 heavy (non-hydrogen) atoms. The van der Waals surface area contributed by atoms with Crippen LogP contribution in [0.5, 0.6) is 0 Å². The number of fused-ring (bicyclic) bond motifs is 1. The molecule has 1 amide bonds. The van der Waals surface area contributed by atoms with E-state index in [1.165, 1.54) is 38.9 Å². The van der Waals surface area contributed by atoms with Gasteiger partial charge in [-0.15, -0.1) is 0 Å². The van der Waals surface area contributed by atoms with Gasteiger partial charge in [-0.05, 0) is 65.6 Å². The number of nitrogens with one attached hydrogen (secondary N) is 2. The summed E-state index contributed by atoms with van der Waals surface area (Å²) in [6, 6.07) is 0. The Hall–Kier alpha value is -0.810. The maximum Gasteiger partial charge on any atom is 0.407 e. The van der Waals surface area contributed by atoms with Crippen molar-refractivity contribution >= 4 is 6.09 Å². The van der Waals surface area contributed by atoms with E-state index in [9.17, 15) is 4.79 Å². The third-order valence-electron chi connectivity index (χ3n) is 5.22. The normalized spacial score (nSPS) is 32.6. The summed E-state index contributed by atoms with van der Waals surface area (Å²) in [5.41, 5.74) is -0.220. The van der Waals surface area contributed by atoms with Gasteiger partial charge in [0.1, 0.15) is 6.10 Å². The summed E-state index contributed by atoms with van der Waals surface area (Å²) in [6.45, 7) is 11.8. The van der Waals surface area contributed by atoms with Crippen molar-refractivity contribution in [3.05, 3.63) is 0 Å². The van der Waals surface area contributed by atoms with E-state index in [0.717, 1.165) is 19.0 Å². The van der Waals surface area contributed by atoms with Gasteiger partial charge in [0.15, 0.2) is 0 Å². The van der Waals surface area contributed by atoms with E-state index in [-0.39, 0.29) is 17.7 Å². The second kappa shape index (κ2) is 6.36. The van der Waals surface area contributed by atoms with Crippen molar-refractivity contribution in [1.82, 2.24) is 15.5 Å². The fourth-order valence-corrected chi connectivity index (χ4v) is 3.91. The average molecular weight is 309 g/mol. The highest BCUT2D eigenvalue weighted by molar-refractivity contribution is 5.68. The zero-order valence-electron chi connectivity index (χ0n) is 14.2. The van der Waals surface area contributed by atoms with Crippen molar-refractivity contribution in [2.45, 2.75) is 51.7 Å². The lowest BCUT2D eigenvalue weighted by molar-refractivity contribution is 0.106. The van der Waals surface area contributed by atoms with E-state index in [2.05, 4.69) is 15.5 Å². The van der Waals surface area contributed by atoms with Gasteiger partial charge in [0.2, 0.25) is 0 Å². The smallest absolute Gasteiger partial charge is 0.407 e. The quantitative estimate of drug-likeness (QED) is 0.832. The van der Waals surface area contributed by atoms with Gasteiger partial charge in [-0.3, -0.25) is 0 Å². The van der Waals surface area contributed by atoms with Crippen LogP contribution in [-0.2, 0) is 4.74 Å². The number of amides is 1. The lowest BCUT2D eigenvalue weighted by atomic mass is 9.94. The molecular weight excluding hydrogens is 278 g/mol. The van der Waals surface area contributed by atoms with Gasteiger partial charge >= 0.3 is 6.09 Å². The minimum absolute atomic E-state index is 0.164. The molecule has 0 aromatic rings. The van der Waals surface area contributed by atoms with Crippen LogP contribution < -0.4 is 10.6 Å². The molecule has 0 bridgehead atoms. The van der Waals surface area contributed by atoms with Gasteiger partial charge in [0.25, 0.3) is 0 Å². The summed E-state index contributed by atoms with van der Waals surface area (Å²) in [5.74, 6) is 2.07. The molecular formula is C17H31N3O2. The van der Waals surface area contributed by atoms with Crippen LogP contribution in [0.1, 0.15) is 40.0 Å². The van der Waals surface area contributed by atoms with Crippen LogP contribution in [0.3, 0.4) is 0 Å². The SMILES string of the molecule is CC(C)(C)NC(=O)OC1C2CN(CCC3CCNCC3)CC21. The number of carbonyl (C=O) groups is 1. The number of hydrogen-bond donors (Lipinski definition) is 2. The van der Waals surface area contributed by atoms with Gasteiger partial charge in [0, 0.05) is 30.5 Å². The van der Waals surface area contributed by atoms with E-state index in [4.69, 9.17) is 4.74 Å². The number of carbonyl (C=O) groups excluding carboxylic acids is 1. The molecule has 5 heteroatoms. The first-order chi connectivity index (χ1) is 10.4. The Morgan fingerprint density at radius 2 is 1.86 bits per heavy atom. The molecule has 5 nitrogen and oxygen atoms in total. The zero-order chi connectivity index (χ0) is 15.7. The molecule has 2 unspecified atom stereocenters. The van der Waals surface area contributed by atoms with Gasteiger partial charge in [-0.2, -0.15) is 0 Å². The molecule has 2 aliphatic heterocycles. The molecule has 3 aliphatic rings. The van der Waals surface area contributed by atoms with Crippen LogP contribution in [-0.4, -0.2) is 55.4 Å². The Kier molecular flexibility index (Phi) is 4.64. The predicted octanol–water partition coefficient (Wildman–Crippen LogP) is 1.83. The number of hydrogen-bond acceptors (Lipinski definition) is 4. The molecule has 2 heterocycles. The first-order valence-electron chi connectivity index (χ1n) is 8.84. The third kappa shape index (κ3) is 4.13. The Balaban J connectivity index is 1.32. The third-order valence-corrected chi connectivity index (χ3v) is 5.22. The number of alkyl carbamates (subject to hydrolysis) is 1. The summed E-state index contributed by atoms with van der Waals surface area (Å²) in [6.07, 6.45) is 3.90. The van der Waals surface area contributed by atoms with Crippen molar-refractivity contribution in [1.29, 1.82) is 0 Å². The van der Waals surface area contributed by atoms with Crippen LogP contribution in [0, 0.1) is 17.8 Å². The van der Waals surface area contributed by atoms with E-state index in [1.54, 1.807) is 0 Å². The fraction of sp³-hybridized carbons (Fsp3) is 0.941. The molecule has 2 N–H and O–H groups in total. The minimum Gasteiger partial charge on any atom is -0.446 e. The summed E-state index contributed by atoms with van der Waals surface area (Å²) < 4.78 is 5.56. The molecule has 126 valence electrons. The van der Waals surface area contributed by atoms with Crippen LogP contribution in [0.25, 0.3) is 0 Å². The Labute approximate surface area is 134 Å². The summed E-state index contributed by atoms with van der Waals surface area (Å²) >= 11 is 0. The average Bonchev–Trinajstić information content (AvgIpc) is 2.89. The molecule has 0 aromatic carbocycles. The largest absolute Gasteiger partial charge is 0.446 e. The predicted molar refractivity (Wildman–Crippen MR) is 86.8 cm³/mol. The van der Waals surface area contributed by atoms with E-state index in [0.29, 0.717) is 11.8 Å². The standard InChI is InChI=1S/C17H31N3O2/c1-17(2,3)19-16(21)22-15-13-10-20(11-14(13)15)9-6-12-4-7-18-8-5-12/h12-15,18H,4-11H2,1-3H3,(H,19,21). The number of piperidine rings is 2. The van der Waals surface area contributed by atoms with Gasteiger partial charge in [-0.1, -0.05) is 0 Å². The highest BCUT2D eigenvalue weighted by Gasteiger charge is 2.58. The molecule has 1 aliphatic carbocycles. The Morgan fingerprint density at radius 3 is 2.45 bits per heavy atom. The highest BCUT2D eigenvalue weighted by Crippen LogP contribution is 2.47. The van der Waals surface area contributed by atoms with E-state index >= 15 is 0 Å². The second-order valence-electron chi connectivity index (χ2n) is 8.31. The topological polar surface area (TPSA) is 53.6 Å². The number of ether oxygens (including phenoxy) is 1. The molecule has 1 saturated carbocycles. The molecule has 0 spiro atoms. The summed E-state index contributed by atoms with van der Waals surface area (Å²) in [7, 11) is 0. The number of rotatable bonds is 4. The minimum atomic E-state index is -0.256. The van der Waals surface area contributed by atoms with Crippen LogP contribution in [0.4, 0.5) is 4.79 Å². The van der Waals surface area contributed by atoms with Crippen molar-refractivity contribution in [2.75, 3.05) is 32.7 Å². The molecule has 0 aromatic heterocycles. The number of likely N-dealkylation sites (tertiary alicyclic amines) is 1. The lowest BCUT2D eigenvalue weighted by Gasteiger charge is -2.26. The molecule has 3 rings (SSSR count). The van der Waals surface area contributed by atoms with Crippen molar-refractivity contribution < 1.29 is 9.53 Å². The monoisotopic (exact) mass is 309 g/mol. The van der Waals surface area contributed by atoms with Crippen molar-refractivity contribution in [3.8, 4) is 0 Å².